The molecule has 0 saturated carbocycles. The fraction of sp³-hybridized carbons (Fsp3) is 0.667. The Labute approximate surface area is 187 Å². The lowest BCUT2D eigenvalue weighted by Crippen LogP contribution is -2.42. The molecule has 0 amide bonds. The number of rotatable bonds is 11. The van der Waals surface area contributed by atoms with Gasteiger partial charge < -0.3 is 25.2 Å². The quantitative estimate of drug-likeness (QED) is 0.243. The number of guanidine groups is 1. The first-order valence-electron chi connectivity index (χ1n) is 9.86. The van der Waals surface area contributed by atoms with E-state index in [0.29, 0.717) is 38.2 Å². The predicted octanol–water partition coefficient (Wildman–Crippen LogP) is 3.49. The normalized spacial score (nSPS) is 12.7. The summed E-state index contributed by atoms with van der Waals surface area (Å²) in [5.41, 5.74) is 2.19. The summed E-state index contributed by atoms with van der Waals surface area (Å²) in [7, 11) is 0. The summed E-state index contributed by atoms with van der Waals surface area (Å²) in [5.74, 6) is 1.99. The van der Waals surface area contributed by atoms with Crippen molar-refractivity contribution in [2.45, 2.75) is 60.3 Å². The molecule has 1 aromatic carbocycles. The first kappa shape index (κ1) is 26.9. The van der Waals surface area contributed by atoms with Crippen LogP contribution in [0.2, 0.25) is 0 Å². The van der Waals surface area contributed by atoms with Crippen molar-refractivity contribution >= 4 is 29.9 Å². The van der Waals surface area contributed by atoms with Crippen LogP contribution in [0.15, 0.2) is 23.2 Å². The molecule has 0 aliphatic carbocycles. The van der Waals surface area contributed by atoms with Crippen molar-refractivity contribution < 1.29 is 14.6 Å². The van der Waals surface area contributed by atoms with Gasteiger partial charge in [0, 0.05) is 25.3 Å². The average Bonchev–Trinajstić information content (AvgIpc) is 2.57. The van der Waals surface area contributed by atoms with Crippen LogP contribution in [0.25, 0.3) is 0 Å². The summed E-state index contributed by atoms with van der Waals surface area (Å²) in [6, 6.07) is 6.16. The van der Waals surface area contributed by atoms with E-state index in [-0.39, 0.29) is 30.1 Å². The highest BCUT2D eigenvalue weighted by Gasteiger charge is 2.09. The highest BCUT2D eigenvalue weighted by atomic mass is 127. The molecule has 1 aromatic rings. The number of benzene rings is 1. The Bertz CT molecular complexity index is 580. The van der Waals surface area contributed by atoms with E-state index in [0.717, 1.165) is 23.4 Å². The smallest absolute Gasteiger partial charge is 0.191 e. The number of halogens is 1. The summed E-state index contributed by atoms with van der Waals surface area (Å²) < 4.78 is 11.4. The largest absolute Gasteiger partial charge is 0.491 e. The molecule has 0 aromatic heterocycles. The van der Waals surface area contributed by atoms with Crippen LogP contribution in [-0.4, -0.2) is 49.6 Å². The molecular formula is C21H38IN3O3. The number of aliphatic hydroxyl groups is 1. The van der Waals surface area contributed by atoms with Crippen LogP contribution in [0.3, 0.4) is 0 Å². The molecule has 0 bridgehead atoms. The second-order valence-electron chi connectivity index (χ2n) is 7.44. The third-order valence-electron chi connectivity index (χ3n) is 3.60. The zero-order valence-corrected chi connectivity index (χ0v) is 20.4. The van der Waals surface area contributed by atoms with E-state index in [1.54, 1.807) is 0 Å². The minimum atomic E-state index is -0.577. The molecule has 0 heterocycles. The molecule has 28 heavy (non-hydrogen) atoms. The molecule has 0 spiro atoms. The van der Waals surface area contributed by atoms with Gasteiger partial charge in [-0.05, 0) is 45.2 Å². The van der Waals surface area contributed by atoms with Gasteiger partial charge in [0.25, 0.3) is 0 Å². The van der Waals surface area contributed by atoms with Crippen molar-refractivity contribution in [2.24, 2.45) is 10.9 Å². The van der Waals surface area contributed by atoms with E-state index in [2.05, 4.69) is 48.5 Å². The summed E-state index contributed by atoms with van der Waals surface area (Å²) >= 11 is 0. The monoisotopic (exact) mass is 507 g/mol. The Kier molecular flexibility index (Phi) is 14.3. The van der Waals surface area contributed by atoms with Gasteiger partial charge in [-0.3, -0.25) is 0 Å². The van der Waals surface area contributed by atoms with Gasteiger partial charge in [-0.1, -0.05) is 26.0 Å². The van der Waals surface area contributed by atoms with Gasteiger partial charge in [0.2, 0.25) is 0 Å². The first-order valence-corrected chi connectivity index (χ1v) is 9.86. The Balaban J connectivity index is 0.00000729. The van der Waals surface area contributed by atoms with Crippen molar-refractivity contribution in [1.29, 1.82) is 0 Å². The van der Waals surface area contributed by atoms with E-state index in [1.807, 2.05) is 26.8 Å². The Morgan fingerprint density at radius 1 is 1.14 bits per heavy atom. The lowest BCUT2D eigenvalue weighted by atomic mass is 10.1. The number of aryl methyl sites for hydroxylation is 1. The molecule has 0 fully saturated rings. The van der Waals surface area contributed by atoms with Gasteiger partial charge >= 0.3 is 0 Å². The minimum Gasteiger partial charge on any atom is -0.491 e. The van der Waals surface area contributed by atoms with Crippen molar-refractivity contribution in [3.63, 3.8) is 0 Å². The lowest BCUT2D eigenvalue weighted by molar-refractivity contribution is 0.0280. The highest BCUT2D eigenvalue weighted by Crippen LogP contribution is 2.22. The Hall–Kier alpha value is -1.06. The van der Waals surface area contributed by atoms with E-state index >= 15 is 0 Å². The van der Waals surface area contributed by atoms with Crippen molar-refractivity contribution in [3.05, 3.63) is 29.3 Å². The minimum absolute atomic E-state index is 0. The van der Waals surface area contributed by atoms with Crippen molar-refractivity contribution in [2.75, 3.05) is 26.3 Å². The molecule has 7 heteroatoms. The Morgan fingerprint density at radius 3 is 2.46 bits per heavy atom. The highest BCUT2D eigenvalue weighted by molar-refractivity contribution is 14.0. The third-order valence-corrected chi connectivity index (χ3v) is 3.60. The summed E-state index contributed by atoms with van der Waals surface area (Å²) in [4.78, 5) is 4.62. The number of nitrogens with zero attached hydrogens (tertiary/aromatic N) is 1. The van der Waals surface area contributed by atoms with E-state index in [9.17, 15) is 5.11 Å². The van der Waals surface area contributed by atoms with Gasteiger partial charge in [0.15, 0.2) is 5.96 Å². The molecular weight excluding hydrogens is 469 g/mol. The third kappa shape index (κ3) is 11.7. The van der Waals surface area contributed by atoms with Gasteiger partial charge in [0.05, 0.1) is 25.4 Å². The molecule has 162 valence electrons. The SMILES string of the molecule is CCNC(=NCc1ccc(C)cc1OC(C)C)NCC(O)COCC(C)C.I. The van der Waals surface area contributed by atoms with Crippen molar-refractivity contribution in [3.8, 4) is 5.75 Å². The lowest BCUT2D eigenvalue weighted by Gasteiger charge is -2.17. The van der Waals surface area contributed by atoms with Crippen LogP contribution in [-0.2, 0) is 11.3 Å². The summed E-state index contributed by atoms with van der Waals surface area (Å²) in [6.45, 7) is 14.9. The van der Waals surface area contributed by atoms with Crippen LogP contribution in [0.4, 0.5) is 0 Å². The average molecular weight is 507 g/mol. The summed E-state index contributed by atoms with van der Waals surface area (Å²) in [6.07, 6.45) is -0.464. The fourth-order valence-corrected chi connectivity index (χ4v) is 2.38. The van der Waals surface area contributed by atoms with E-state index in [4.69, 9.17) is 9.47 Å². The van der Waals surface area contributed by atoms with Crippen LogP contribution in [0, 0.1) is 12.8 Å². The first-order chi connectivity index (χ1) is 12.8. The van der Waals surface area contributed by atoms with Gasteiger partial charge in [-0.15, -0.1) is 24.0 Å². The number of ether oxygens (including phenoxy) is 2. The second-order valence-corrected chi connectivity index (χ2v) is 7.44. The predicted molar refractivity (Wildman–Crippen MR) is 127 cm³/mol. The number of aliphatic hydroxyl groups excluding tert-OH is 1. The molecule has 0 radical (unpaired) electrons. The molecule has 1 rings (SSSR count). The molecule has 3 N–H and O–H groups in total. The number of aliphatic imine (C=N–C) groups is 1. The fourth-order valence-electron chi connectivity index (χ4n) is 2.38. The molecule has 1 atom stereocenters. The number of nitrogens with one attached hydrogen (secondary N) is 2. The second kappa shape index (κ2) is 14.9. The molecule has 1 unspecified atom stereocenters. The summed E-state index contributed by atoms with van der Waals surface area (Å²) in [5, 5.41) is 16.4. The van der Waals surface area contributed by atoms with Crippen LogP contribution in [0.1, 0.15) is 45.7 Å². The van der Waals surface area contributed by atoms with Crippen LogP contribution >= 0.6 is 24.0 Å². The van der Waals surface area contributed by atoms with Gasteiger partial charge in [-0.25, -0.2) is 4.99 Å². The molecule has 0 aliphatic rings. The standard InChI is InChI=1S/C21H37N3O3.HI/c1-7-22-21(24-12-19(25)14-26-13-15(2)3)23-11-18-9-8-17(6)10-20(18)27-16(4)5;/h8-10,15-16,19,25H,7,11-14H2,1-6H3,(H2,22,23,24);1H. The number of hydrogen-bond donors (Lipinski definition) is 3. The topological polar surface area (TPSA) is 75.1 Å². The maximum atomic E-state index is 10.0. The zero-order valence-electron chi connectivity index (χ0n) is 18.1. The van der Waals surface area contributed by atoms with Gasteiger partial charge in [0.1, 0.15) is 5.75 Å². The molecule has 0 saturated heterocycles. The maximum Gasteiger partial charge on any atom is 0.191 e. The van der Waals surface area contributed by atoms with Crippen LogP contribution < -0.4 is 15.4 Å². The van der Waals surface area contributed by atoms with Gasteiger partial charge in [-0.2, -0.15) is 0 Å². The van der Waals surface area contributed by atoms with Crippen LogP contribution in [0.5, 0.6) is 5.75 Å². The maximum absolute atomic E-state index is 10.0. The number of hydrogen-bond acceptors (Lipinski definition) is 4. The Morgan fingerprint density at radius 2 is 1.86 bits per heavy atom. The molecule has 0 aliphatic heterocycles. The molecule has 6 nitrogen and oxygen atoms in total. The van der Waals surface area contributed by atoms with Crippen molar-refractivity contribution in [1.82, 2.24) is 10.6 Å². The zero-order chi connectivity index (χ0) is 20.2. The van der Waals surface area contributed by atoms with E-state index in [1.165, 1.54) is 0 Å². The van der Waals surface area contributed by atoms with E-state index < -0.39 is 6.10 Å².